The Morgan fingerprint density at radius 1 is 1.03 bits per heavy atom. The van der Waals surface area contributed by atoms with Crippen LogP contribution in [0.1, 0.15) is 28.8 Å². The maximum Gasteiger partial charge on any atom is 0.255 e. The molecular formula is C25H21N3O2S. The van der Waals surface area contributed by atoms with E-state index in [2.05, 4.69) is 16.4 Å². The second kappa shape index (κ2) is 8.32. The lowest BCUT2D eigenvalue weighted by molar-refractivity contribution is -0.128. The van der Waals surface area contributed by atoms with E-state index in [0.29, 0.717) is 18.5 Å². The Hall–Kier alpha value is -3.51. The van der Waals surface area contributed by atoms with Crippen LogP contribution in [-0.4, -0.2) is 28.2 Å². The van der Waals surface area contributed by atoms with Crippen molar-refractivity contribution in [1.29, 1.82) is 0 Å². The fourth-order valence-electron chi connectivity index (χ4n) is 3.80. The number of thiazole rings is 1. The first-order valence-corrected chi connectivity index (χ1v) is 11.1. The van der Waals surface area contributed by atoms with Crippen molar-refractivity contribution < 1.29 is 9.59 Å². The summed E-state index contributed by atoms with van der Waals surface area (Å²) in [5.41, 5.74) is 4.30. The van der Waals surface area contributed by atoms with Crippen molar-refractivity contribution in [1.82, 2.24) is 9.88 Å². The number of nitrogens with zero attached hydrogens (tertiary/aromatic N) is 2. The summed E-state index contributed by atoms with van der Waals surface area (Å²) in [7, 11) is 0. The van der Waals surface area contributed by atoms with Crippen molar-refractivity contribution in [3.05, 3.63) is 83.9 Å². The van der Waals surface area contributed by atoms with Crippen molar-refractivity contribution >= 4 is 39.1 Å². The molecule has 1 N–H and O–H groups in total. The Kier molecular flexibility index (Phi) is 5.22. The number of nitrogens with one attached hydrogen (secondary N) is 1. The lowest BCUT2D eigenvalue weighted by atomic mass is 10.1. The lowest BCUT2D eigenvalue weighted by Gasteiger charge is -2.16. The standard InChI is InChI=1S/C25H21N3O2S/c29-23-9-4-14-28(23)16-17-5-3-6-19(15-17)24(30)26-20-12-10-18(11-13-20)25-27-21-7-1-2-8-22(21)31-25/h1-3,5-8,10-13,15H,4,9,14,16H2,(H,26,30). The molecule has 1 fully saturated rings. The number of aromatic nitrogens is 1. The molecular weight excluding hydrogens is 406 g/mol. The van der Waals surface area contributed by atoms with Crippen molar-refractivity contribution in [2.24, 2.45) is 0 Å². The summed E-state index contributed by atoms with van der Waals surface area (Å²) in [6, 6.07) is 23.3. The average Bonchev–Trinajstić information content (AvgIpc) is 3.40. The zero-order chi connectivity index (χ0) is 21.2. The minimum atomic E-state index is -0.165. The molecule has 6 heteroatoms. The molecule has 0 spiro atoms. The Bertz CT molecular complexity index is 1230. The number of carbonyl (C=O) groups excluding carboxylic acids is 2. The molecule has 5 nitrogen and oxygen atoms in total. The fraction of sp³-hybridized carbons (Fsp3) is 0.160. The van der Waals surface area contributed by atoms with E-state index >= 15 is 0 Å². The van der Waals surface area contributed by atoms with Gasteiger partial charge in [-0.1, -0.05) is 24.3 Å². The van der Waals surface area contributed by atoms with Gasteiger partial charge < -0.3 is 10.2 Å². The average molecular weight is 428 g/mol. The molecule has 4 aromatic rings. The van der Waals surface area contributed by atoms with Gasteiger partial charge in [0.2, 0.25) is 5.91 Å². The Morgan fingerprint density at radius 2 is 1.87 bits per heavy atom. The summed E-state index contributed by atoms with van der Waals surface area (Å²) in [5.74, 6) is 0.0189. The number of anilines is 1. The van der Waals surface area contributed by atoms with Gasteiger partial charge in [0.15, 0.2) is 0 Å². The third-order valence-electron chi connectivity index (χ3n) is 5.42. The molecule has 5 rings (SSSR count). The van der Waals surface area contributed by atoms with Crippen LogP contribution in [0.3, 0.4) is 0 Å². The summed E-state index contributed by atoms with van der Waals surface area (Å²) in [6.45, 7) is 1.34. The molecule has 3 aromatic carbocycles. The van der Waals surface area contributed by atoms with Gasteiger partial charge in [-0.05, 0) is 60.5 Å². The molecule has 1 aromatic heterocycles. The highest BCUT2D eigenvalue weighted by atomic mass is 32.1. The van der Waals surface area contributed by atoms with Gasteiger partial charge in [-0.2, -0.15) is 0 Å². The topological polar surface area (TPSA) is 62.3 Å². The Morgan fingerprint density at radius 3 is 2.65 bits per heavy atom. The van der Waals surface area contributed by atoms with Crippen LogP contribution in [0.5, 0.6) is 0 Å². The van der Waals surface area contributed by atoms with Gasteiger partial charge in [-0.25, -0.2) is 4.98 Å². The molecule has 0 bridgehead atoms. The highest BCUT2D eigenvalue weighted by Crippen LogP contribution is 2.30. The molecule has 2 heterocycles. The summed E-state index contributed by atoms with van der Waals surface area (Å²) >= 11 is 1.66. The molecule has 0 saturated carbocycles. The first-order valence-electron chi connectivity index (χ1n) is 10.3. The van der Waals surface area contributed by atoms with Gasteiger partial charge in [0.1, 0.15) is 5.01 Å². The first-order chi connectivity index (χ1) is 15.2. The summed E-state index contributed by atoms with van der Waals surface area (Å²) in [4.78, 5) is 31.1. The molecule has 0 aliphatic carbocycles. The lowest BCUT2D eigenvalue weighted by Crippen LogP contribution is -2.24. The van der Waals surface area contributed by atoms with Crippen LogP contribution >= 0.6 is 11.3 Å². The highest BCUT2D eigenvalue weighted by Gasteiger charge is 2.20. The maximum absolute atomic E-state index is 12.7. The van der Waals surface area contributed by atoms with E-state index in [1.807, 2.05) is 65.6 Å². The van der Waals surface area contributed by atoms with Crippen molar-refractivity contribution in [3.8, 4) is 10.6 Å². The minimum absolute atomic E-state index is 0.165. The predicted octanol–water partition coefficient (Wildman–Crippen LogP) is 5.34. The first kappa shape index (κ1) is 19.5. The number of rotatable bonds is 5. The van der Waals surface area contributed by atoms with Crippen molar-refractivity contribution in [3.63, 3.8) is 0 Å². The van der Waals surface area contributed by atoms with E-state index in [-0.39, 0.29) is 11.8 Å². The van der Waals surface area contributed by atoms with Crippen LogP contribution in [0.2, 0.25) is 0 Å². The highest BCUT2D eigenvalue weighted by molar-refractivity contribution is 7.21. The number of hydrogen-bond acceptors (Lipinski definition) is 4. The van der Waals surface area contributed by atoms with Gasteiger partial charge in [-0.3, -0.25) is 9.59 Å². The molecule has 1 aliphatic rings. The number of likely N-dealkylation sites (tertiary alicyclic amines) is 1. The number of hydrogen-bond donors (Lipinski definition) is 1. The van der Waals surface area contributed by atoms with E-state index < -0.39 is 0 Å². The van der Waals surface area contributed by atoms with Crippen LogP contribution < -0.4 is 5.32 Å². The summed E-state index contributed by atoms with van der Waals surface area (Å²) in [6.07, 6.45) is 1.53. The second-order valence-corrected chi connectivity index (χ2v) is 8.67. The van der Waals surface area contributed by atoms with Gasteiger partial charge in [0.25, 0.3) is 5.91 Å². The van der Waals surface area contributed by atoms with Crippen LogP contribution in [0, 0.1) is 0 Å². The molecule has 0 unspecified atom stereocenters. The number of benzene rings is 3. The minimum Gasteiger partial charge on any atom is -0.338 e. The molecule has 1 saturated heterocycles. The van der Waals surface area contributed by atoms with Gasteiger partial charge in [-0.15, -0.1) is 11.3 Å². The normalized spacial score (nSPS) is 13.7. The number of amides is 2. The smallest absolute Gasteiger partial charge is 0.255 e. The van der Waals surface area contributed by atoms with Gasteiger partial charge in [0, 0.05) is 36.3 Å². The Balaban J connectivity index is 1.28. The van der Waals surface area contributed by atoms with Crippen molar-refractivity contribution in [2.75, 3.05) is 11.9 Å². The fourth-order valence-corrected chi connectivity index (χ4v) is 4.77. The van der Waals surface area contributed by atoms with Crippen molar-refractivity contribution in [2.45, 2.75) is 19.4 Å². The summed E-state index contributed by atoms with van der Waals surface area (Å²) in [5, 5.41) is 3.92. The molecule has 154 valence electrons. The van der Waals surface area contributed by atoms with Crippen LogP contribution in [0.4, 0.5) is 5.69 Å². The largest absolute Gasteiger partial charge is 0.338 e. The van der Waals surface area contributed by atoms with Crippen LogP contribution in [-0.2, 0) is 11.3 Å². The Labute approximate surface area is 184 Å². The third-order valence-corrected chi connectivity index (χ3v) is 6.50. The zero-order valence-electron chi connectivity index (χ0n) is 16.9. The second-order valence-electron chi connectivity index (χ2n) is 7.64. The number of carbonyl (C=O) groups is 2. The molecule has 0 radical (unpaired) electrons. The predicted molar refractivity (Wildman–Crippen MR) is 124 cm³/mol. The molecule has 31 heavy (non-hydrogen) atoms. The third kappa shape index (κ3) is 4.20. The van der Waals surface area contributed by atoms with Crippen LogP contribution in [0.15, 0.2) is 72.8 Å². The molecule has 0 atom stereocenters. The SMILES string of the molecule is O=C(Nc1ccc(-c2nc3ccccc3s2)cc1)c1cccc(CN2CCCC2=O)c1. The number of para-hydroxylation sites is 1. The van der Waals surface area contributed by atoms with Gasteiger partial charge in [0.05, 0.1) is 10.2 Å². The van der Waals surface area contributed by atoms with E-state index in [4.69, 9.17) is 0 Å². The van der Waals surface area contributed by atoms with Gasteiger partial charge >= 0.3 is 0 Å². The van der Waals surface area contributed by atoms with E-state index in [1.54, 1.807) is 17.4 Å². The maximum atomic E-state index is 12.7. The number of fused-ring (bicyclic) bond motifs is 1. The molecule has 1 aliphatic heterocycles. The van der Waals surface area contributed by atoms with E-state index in [0.717, 1.165) is 45.0 Å². The zero-order valence-corrected chi connectivity index (χ0v) is 17.7. The van der Waals surface area contributed by atoms with Crippen LogP contribution in [0.25, 0.3) is 20.8 Å². The monoisotopic (exact) mass is 427 g/mol. The quantitative estimate of drug-likeness (QED) is 0.468. The summed E-state index contributed by atoms with van der Waals surface area (Å²) < 4.78 is 1.16. The van der Waals surface area contributed by atoms with E-state index in [9.17, 15) is 9.59 Å². The van der Waals surface area contributed by atoms with E-state index in [1.165, 1.54) is 0 Å². The molecule has 2 amide bonds.